The summed E-state index contributed by atoms with van der Waals surface area (Å²) in [6.07, 6.45) is -2.99. The minimum Gasteiger partial charge on any atom is -0.493 e. The van der Waals surface area contributed by atoms with Crippen molar-refractivity contribution in [3.63, 3.8) is 0 Å². The van der Waals surface area contributed by atoms with E-state index in [1.54, 1.807) is 18.2 Å². The molecule has 1 aromatic heterocycles. The standard InChI is InChI=1S/C18H15F3N4O2S/c1-26-14-8-5-12(9-15(14)27-2)16-23-24-17(28)25(16)22-10-11-3-6-13(7-4-11)18(19,20)21/h3-10H,1-2H3,(H,24,28)/b22-10-. The first-order valence-electron chi connectivity index (χ1n) is 7.95. The number of hydrogen-bond donors (Lipinski definition) is 1. The van der Waals surface area contributed by atoms with Crippen molar-refractivity contribution in [1.82, 2.24) is 14.9 Å². The van der Waals surface area contributed by atoms with Crippen molar-refractivity contribution in [2.75, 3.05) is 14.2 Å². The fourth-order valence-electron chi connectivity index (χ4n) is 2.44. The Labute approximate surface area is 163 Å². The average molecular weight is 408 g/mol. The number of ether oxygens (including phenoxy) is 2. The molecule has 6 nitrogen and oxygen atoms in total. The van der Waals surface area contributed by atoms with Gasteiger partial charge in [-0.1, -0.05) is 12.1 Å². The van der Waals surface area contributed by atoms with Crippen molar-refractivity contribution in [3.05, 3.63) is 58.4 Å². The maximum Gasteiger partial charge on any atom is 0.416 e. The fraction of sp³-hybridized carbons (Fsp3) is 0.167. The number of hydrogen-bond acceptors (Lipinski definition) is 5. The largest absolute Gasteiger partial charge is 0.493 e. The third-order valence-corrected chi connectivity index (χ3v) is 4.12. The van der Waals surface area contributed by atoms with Crippen LogP contribution in [0.4, 0.5) is 13.2 Å². The van der Waals surface area contributed by atoms with Crippen LogP contribution in [-0.4, -0.2) is 35.3 Å². The molecule has 0 aliphatic rings. The smallest absolute Gasteiger partial charge is 0.416 e. The van der Waals surface area contributed by atoms with Crippen molar-refractivity contribution in [2.45, 2.75) is 6.18 Å². The van der Waals surface area contributed by atoms with Crippen molar-refractivity contribution < 1.29 is 22.6 Å². The van der Waals surface area contributed by atoms with Crippen molar-refractivity contribution in [2.24, 2.45) is 5.10 Å². The summed E-state index contributed by atoms with van der Waals surface area (Å²) in [7, 11) is 3.05. The summed E-state index contributed by atoms with van der Waals surface area (Å²) in [6, 6.07) is 9.83. The molecule has 0 atom stereocenters. The third-order valence-electron chi connectivity index (χ3n) is 3.85. The van der Waals surface area contributed by atoms with E-state index in [1.165, 1.54) is 37.2 Å². The highest BCUT2D eigenvalue weighted by Gasteiger charge is 2.29. The van der Waals surface area contributed by atoms with E-state index < -0.39 is 11.7 Å². The second-order valence-corrected chi connectivity index (χ2v) is 5.98. The first kappa shape index (κ1) is 19.6. The minimum absolute atomic E-state index is 0.230. The summed E-state index contributed by atoms with van der Waals surface area (Å²) >= 11 is 5.19. The Hall–Kier alpha value is -3.14. The van der Waals surface area contributed by atoms with Gasteiger partial charge in [0, 0.05) is 5.56 Å². The van der Waals surface area contributed by atoms with Gasteiger partial charge in [-0.05, 0) is 48.1 Å². The molecule has 10 heteroatoms. The Bertz CT molecular complexity index is 1060. The van der Waals surface area contributed by atoms with Crippen LogP contribution in [0.2, 0.25) is 0 Å². The van der Waals surface area contributed by atoms with Crippen molar-refractivity contribution in [3.8, 4) is 22.9 Å². The van der Waals surface area contributed by atoms with Gasteiger partial charge in [-0.3, -0.25) is 0 Å². The van der Waals surface area contributed by atoms with Crippen LogP contribution in [0.3, 0.4) is 0 Å². The summed E-state index contributed by atoms with van der Waals surface area (Å²) in [5.41, 5.74) is 0.416. The second-order valence-electron chi connectivity index (χ2n) is 5.60. The molecule has 0 unspecified atom stereocenters. The van der Waals surface area contributed by atoms with Gasteiger partial charge in [0.15, 0.2) is 17.3 Å². The lowest BCUT2D eigenvalue weighted by atomic mass is 10.1. The third kappa shape index (κ3) is 4.06. The Morgan fingerprint density at radius 1 is 1.07 bits per heavy atom. The zero-order valence-corrected chi connectivity index (χ0v) is 15.6. The van der Waals surface area contributed by atoms with Crippen LogP contribution >= 0.6 is 12.2 Å². The summed E-state index contributed by atoms with van der Waals surface area (Å²) < 4.78 is 50.1. The molecule has 146 valence electrons. The Balaban J connectivity index is 1.94. The topological polar surface area (TPSA) is 64.4 Å². The summed E-state index contributed by atoms with van der Waals surface area (Å²) in [5, 5.41) is 11.1. The molecule has 1 N–H and O–H groups in total. The number of methoxy groups -OCH3 is 2. The summed E-state index contributed by atoms with van der Waals surface area (Å²) in [6.45, 7) is 0. The highest BCUT2D eigenvalue weighted by molar-refractivity contribution is 7.71. The predicted molar refractivity (Wildman–Crippen MR) is 100 cm³/mol. The van der Waals surface area contributed by atoms with E-state index in [1.807, 2.05) is 0 Å². The molecule has 0 spiro atoms. The molecular formula is C18H15F3N4O2S. The van der Waals surface area contributed by atoms with Crippen LogP contribution in [0.5, 0.6) is 11.5 Å². The maximum absolute atomic E-state index is 12.7. The quantitative estimate of drug-likeness (QED) is 0.498. The number of alkyl halides is 3. The van der Waals surface area contributed by atoms with Crippen molar-refractivity contribution >= 4 is 18.4 Å². The molecule has 2 aromatic carbocycles. The minimum atomic E-state index is -4.39. The lowest BCUT2D eigenvalue weighted by Gasteiger charge is -2.09. The normalized spacial score (nSPS) is 11.8. The number of nitrogens with one attached hydrogen (secondary N) is 1. The van der Waals surface area contributed by atoms with E-state index in [9.17, 15) is 13.2 Å². The lowest BCUT2D eigenvalue weighted by Crippen LogP contribution is -2.04. The Morgan fingerprint density at radius 2 is 1.75 bits per heavy atom. The molecule has 0 fully saturated rings. The molecule has 0 saturated carbocycles. The number of halogens is 3. The molecule has 0 aliphatic heterocycles. The Morgan fingerprint density at radius 3 is 2.36 bits per heavy atom. The molecule has 3 rings (SSSR count). The summed E-state index contributed by atoms with van der Waals surface area (Å²) in [4.78, 5) is 0. The van der Waals surface area contributed by atoms with E-state index >= 15 is 0 Å². The van der Waals surface area contributed by atoms with Gasteiger partial charge in [-0.15, -0.1) is 0 Å². The van der Waals surface area contributed by atoms with E-state index in [4.69, 9.17) is 21.7 Å². The number of H-pyrrole nitrogens is 1. The van der Waals surface area contributed by atoms with Crippen LogP contribution in [0, 0.1) is 4.77 Å². The van der Waals surface area contributed by atoms with Gasteiger partial charge in [0.1, 0.15) is 0 Å². The Kier molecular flexibility index (Phi) is 5.50. The van der Waals surface area contributed by atoms with Crippen LogP contribution in [0.25, 0.3) is 11.4 Å². The van der Waals surface area contributed by atoms with Crippen molar-refractivity contribution in [1.29, 1.82) is 0 Å². The first-order chi connectivity index (χ1) is 13.3. The highest BCUT2D eigenvalue weighted by Crippen LogP contribution is 2.32. The van der Waals surface area contributed by atoms with Gasteiger partial charge in [0.05, 0.1) is 26.0 Å². The number of nitrogens with zero attached hydrogens (tertiary/aromatic N) is 3. The molecule has 1 heterocycles. The van der Waals surface area contributed by atoms with Gasteiger partial charge in [-0.25, -0.2) is 5.10 Å². The van der Waals surface area contributed by atoms with Crippen LogP contribution in [-0.2, 0) is 6.18 Å². The number of benzene rings is 2. The van der Waals surface area contributed by atoms with E-state index in [-0.39, 0.29) is 4.77 Å². The first-order valence-corrected chi connectivity index (χ1v) is 8.35. The lowest BCUT2D eigenvalue weighted by molar-refractivity contribution is -0.137. The number of aromatic amines is 1. The van der Waals surface area contributed by atoms with E-state index in [0.29, 0.717) is 28.5 Å². The van der Waals surface area contributed by atoms with Crippen LogP contribution < -0.4 is 9.47 Å². The molecule has 0 bridgehead atoms. The molecule has 3 aromatic rings. The predicted octanol–water partition coefficient (Wildman–Crippen LogP) is 4.53. The van der Waals surface area contributed by atoms with E-state index in [0.717, 1.165) is 12.1 Å². The van der Waals surface area contributed by atoms with Crippen LogP contribution in [0.1, 0.15) is 11.1 Å². The maximum atomic E-state index is 12.7. The number of rotatable bonds is 5. The fourth-order valence-corrected chi connectivity index (χ4v) is 2.62. The van der Waals surface area contributed by atoms with Gasteiger partial charge in [0.25, 0.3) is 0 Å². The molecular weight excluding hydrogens is 393 g/mol. The summed E-state index contributed by atoms with van der Waals surface area (Å²) in [5.74, 6) is 1.47. The molecule has 0 aliphatic carbocycles. The molecule has 0 radical (unpaired) electrons. The monoisotopic (exact) mass is 408 g/mol. The average Bonchev–Trinajstić information content (AvgIpc) is 3.05. The van der Waals surface area contributed by atoms with Crippen LogP contribution in [0.15, 0.2) is 47.6 Å². The highest BCUT2D eigenvalue weighted by atomic mass is 32.1. The van der Waals surface area contributed by atoms with Gasteiger partial charge in [0.2, 0.25) is 4.77 Å². The van der Waals surface area contributed by atoms with Gasteiger partial charge < -0.3 is 9.47 Å². The zero-order valence-electron chi connectivity index (χ0n) is 14.8. The molecule has 28 heavy (non-hydrogen) atoms. The molecule has 0 saturated heterocycles. The molecule has 0 amide bonds. The zero-order chi connectivity index (χ0) is 20.3. The number of aromatic nitrogens is 3. The van der Waals surface area contributed by atoms with Gasteiger partial charge in [-0.2, -0.15) is 28.0 Å². The second kappa shape index (κ2) is 7.85. The van der Waals surface area contributed by atoms with Gasteiger partial charge >= 0.3 is 6.18 Å². The van der Waals surface area contributed by atoms with E-state index in [2.05, 4.69) is 15.3 Å². The SMILES string of the molecule is COc1ccc(-c2n[nH]c(=S)n2/N=C\c2ccc(C(F)(F)F)cc2)cc1OC.